The molecular weight excluding hydrogens is 232 g/mol. The first-order chi connectivity index (χ1) is 8.51. The summed E-state index contributed by atoms with van der Waals surface area (Å²) in [5, 5.41) is 13.8. The molecule has 1 aliphatic rings. The van der Waals surface area contributed by atoms with E-state index in [9.17, 15) is 10.1 Å². The number of hydrogen-bond donors (Lipinski definition) is 1. The van der Waals surface area contributed by atoms with Crippen molar-refractivity contribution in [3.05, 3.63) is 22.2 Å². The van der Waals surface area contributed by atoms with Gasteiger partial charge in [-0.2, -0.15) is 0 Å². The zero-order chi connectivity index (χ0) is 13.3. The van der Waals surface area contributed by atoms with Crippen LogP contribution in [0.3, 0.4) is 0 Å². The van der Waals surface area contributed by atoms with Crippen molar-refractivity contribution in [3.8, 4) is 0 Å². The van der Waals surface area contributed by atoms with E-state index in [1.807, 2.05) is 0 Å². The van der Waals surface area contributed by atoms with Crippen molar-refractivity contribution in [2.75, 3.05) is 30.4 Å². The molecule has 0 aliphatic carbocycles. The first kappa shape index (κ1) is 12.6. The van der Waals surface area contributed by atoms with E-state index in [1.54, 1.807) is 13.1 Å². The molecule has 18 heavy (non-hydrogen) atoms. The second-order valence-corrected chi connectivity index (χ2v) is 4.94. The summed E-state index contributed by atoms with van der Waals surface area (Å²) in [7, 11) is 1.71. The lowest BCUT2D eigenvalue weighted by Gasteiger charge is -2.17. The van der Waals surface area contributed by atoms with E-state index >= 15 is 0 Å². The number of aromatic nitrogens is 1. The number of nitro groups is 1. The summed E-state index contributed by atoms with van der Waals surface area (Å²) in [6.07, 6.45) is 0. The Bertz CT molecular complexity index is 453. The van der Waals surface area contributed by atoms with Gasteiger partial charge in [0.05, 0.1) is 17.1 Å². The fraction of sp³-hybridized carbons (Fsp3) is 0.583. The van der Waals surface area contributed by atoms with E-state index in [1.165, 1.54) is 6.07 Å². The standard InChI is InChI=1S/C12H18N4O2/c1-8-6-15(7-9(8)2)12-5-10(16(17)18)4-11(13-3)14-12/h4-5,8-9H,6-7H2,1-3H3,(H,13,14). The van der Waals surface area contributed by atoms with Gasteiger partial charge in [0.25, 0.3) is 5.69 Å². The van der Waals surface area contributed by atoms with Crippen LogP contribution in [0, 0.1) is 22.0 Å². The Hall–Kier alpha value is -1.85. The average Bonchev–Trinajstić information content (AvgIpc) is 2.69. The van der Waals surface area contributed by atoms with E-state index in [2.05, 4.69) is 29.0 Å². The predicted molar refractivity (Wildman–Crippen MR) is 71.0 cm³/mol. The van der Waals surface area contributed by atoms with E-state index in [0.717, 1.165) is 13.1 Å². The van der Waals surface area contributed by atoms with Crippen molar-refractivity contribution in [2.24, 2.45) is 11.8 Å². The normalized spacial score (nSPS) is 23.2. The molecule has 1 aromatic rings. The molecule has 2 heterocycles. The van der Waals surface area contributed by atoms with Crippen molar-refractivity contribution in [1.29, 1.82) is 0 Å². The molecule has 0 bridgehead atoms. The maximum atomic E-state index is 10.9. The number of nitrogens with zero attached hydrogens (tertiary/aromatic N) is 3. The van der Waals surface area contributed by atoms with Crippen LogP contribution >= 0.6 is 0 Å². The Morgan fingerprint density at radius 3 is 2.50 bits per heavy atom. The molecule has 1 aromatic heterocycles. The van der Waals surface area contributed by atoms with Gasteiger partial charge in [0.15, 0.2) is 0 Å². The zero-order valence-electron chi connectivity index (χ0n) is 10.9. The van der Waals surface area contributed by atoms with Crippen LogP contribution in [-0.4, -0.2) is 30.0 Å². The largest absolute Gasteiger partial charge is 0.373 e. The number of nitrogens with one attached hydrogen (secondary N) is 1. The first-order valence-corrected chi connectivity index (χ1v) is 6.10. The van der Waals surface area contributed by atoms with E-state index in [-0.39, 0.29) is 10.6 Å². The van der Waals surface area contributed by atoms with E-state index in [4.69, 9.17) is 0 Å². The Morgan fingerprint density at radius 1 is 1.39 bits per heavy atom. The number of rotatable bonds is 3. The topological polar surface area (TPSA) is 71.3 Å². The molecule has 0 spiro atoms. The number of anilines is 2. The lowest BCUT2D eigenvalue weighted by atomic mass is 10.0. The smallest absolute Gasteiger partial charge is 0.276 e. The molecule has 2 atom stereocenters. The second kappa shape index (κ2) is 4.80. The van der Waals surface area contributed by atoms with Crippen molar-refractivity contribution >= 4 is 17.3 Å². The van der Waals surface area contributed by atoms with Gasteiger partial charge in [0.2, 0.25) is 0 Å². The van der Waals surface area contributed by atoms with E-state index < -0.39 is 0 Å². The number of hydrogen-bond acceptors (Lipinski definition) is 5. The monoisotopic (exact) mass is 250 g/mol. The van der Waals surface area contributed by atoms with Gasteiger partial charge in [-0.15, -0.1) is 0 Å². The van der Waals surface area contributed by atoms with Crippen LogP contribution in [0.5, 0.6) is 0 Å². The molecule has 6 heteroatoms. The summed E-state index contributed by atoms with van der Waals surface area (Å²) < 4.78 is 0. The minimum absolute atomic E-state index is 0.0801. The molecule has 0 amide bonds. The number of pyridine rings is 1. The highest BCUT2D eigenvalue weighted by atomic mass is 16.6. The van der Waals surface area contributed by atoms with Gasteiger partial charge in [0.1, 0.15) is 11.6 Å². The fourth-order valence-electron chi connectivity index (χ4n) is 2.21. The highest BCUT2D eigenvalue weighted by Crippen LogP contribution is 2.29. The van der Waals surface area contributed by atoms with Gasteiger partial charge in [0, 0.05) is 20.1 Å². The van der Waals surface area contributed by atoms with Crippen LogP contribution in [0.4, 0.5) is 17.3 Å². The van der Waals surface area contributed by atoms with Crippen LogP contribution in [0.15, 0.2) is 12.1 Å². The van der Waals surface area contributed by atoms with Crippen molar-refractivity contribution in [3.63, 3.8) is 0 Å². The minimum Gasteiger partial charge on any atom is -0.373 e. The van der Waals surface area contributed by atoms with Gasteiger partial charge < -0.3 is 10.2 Å². The quantitative estimate of drug-likeness (QED) is 0.657. The van der Waals surface area contributed by atoms with Crippen LogP contribution in [0.2, 0.25) is 0 Å². The van der Waals surface area contributed by atoms with Gasteiger partial charge in [-0.05, 0) is 11.8 Å². The van der Waals surface area contributed by atoms with Gasteiger partial charge >= 0.3 is 0 Å². The highest BCUT2D eigenvalue weighted by molar-refractivity contribution is 5.56. The second-order valence-electron chi connectivity index (χ2n) is 4.94. The van der Waals surface area contributed by atoms with Crippen molar-refractivity contribution < 1.29 is 4.92 Å². The summed E-state index contributed by atoms with van der Waals surface area (Å²) in [5.41, 5.74) is 0.0801. The highest BCUT2D eigenvalue weighted by Gasteiger charge is 2.28. The molecule has 1 N–H and O–H groups in total. The Morgan fingerprint density at radius 2 is 2.00 bits per heavy atom. The molecule has 0 radical (unpaired) electrons. The molecule has 0 saturated carbocycles. The molecule has 98 valence electrons. The third-order valence-corrected chi connectivity index (χ3v) is 3.58. The summed E-state index contributed by atoms with van der Waals surface area (Å²) in [6, 6.07) is 3.00. The summed E-state index contributed by atoms with van der Waals surface area (Å²) in [6.45, 7) is 6.19. The van der Waals surface area contributed by atoms with E-state index in [0.29, 0.717) is 23.5 Å². The third-order valence-electron chi connectivity index (χ3n) is 3.58. The van der Waals surface area contributed by atoms with Crippen LogP contribution < -0.4 is 10.2 Å². The molecule has 2 rings (SSSR count). The van der Waals surface area contributed by atoms with Crippen LogP contribution in [-0.2, 0) is 0 Å². The van der Waals surface area contributed by atoms with Gasteiger partial charge in [-0.1, -0.05) is 13.8 Å². The van der Waals surface area contributed by atoms with Crippen LogP contribution in [0.1, 0.15) is 13.8 Å². The van der Waals surface area contributed by atoms with Crippen LogP contribution in [0.25, 0.3) is 0 Å². The minimum atomic E-state index is -0.380. The van der Waals surface area contributed by atoms with Gasteiger partial charge in [-0.3, -0.25) is 10.1 Å². The maximum Gasteiger partial charge on any atom is 0.276 e. The molecule has 1 saturated heterocycles. The average molecular weight is 250 g/mol. The fourth-order valence-corrected chi connectivity index (χ4v) is 2.21. The first-order valence-electron chi connectivity index (χ1n) is 6.10. The molecule has 2 unspecified atom stereocenters. The molecule has 6 nitrogen and oxygen atoms in total. The zero-order valence-corrected chi connectivity index (χ0v) is 10.9. The lowest BCUT2D eigenvalue weighted by Crippen LogP contribution is -2.21. The maximum absolute atomic E-state index is 10.9. The Balaban J connectivity index is 2.32. The van der Waals surface area contributed by atoms with Crippen molar-refractivity contribution in [2.45, 2.75) is 13.8 Å². The molecule has 1 aliphatic heterocycles. The summed E-state index contributed by atoms with van der Waals surface area (Å²) in [5.74, 6) is 2.39. The molecule has 1 fully saturated rings. The summed E-state index contributed by atoms with van der Waals surface area (Å²) in [4.78, 5) is 17.0. The SMILES string of the molecule is CNc1cc([N+](=O)[O-])cc(N2CC(C)C(C)C2)n1. The lowest BCUT2D eigenvalue weighted by molar-refractivity contribution is -0.384. The van der Waals surface area contributed by atoms with Gasteiger partial charge in [-0.25, -0.2) is 4.98 Å². The Labute approximate surface area is 106 Å². The predicted octanol–water partition coefficient (Wildman–Crippen LogP) is 2.12. The third kappa shape index (κ3) is 2.37. The summed E-state index contributed by atoms with van der Waals surface area (Å²) >= 11 is 0. The molecule has 0 aromatic carbocycles. The molecular formula is C12H18N4O2. The Kier molecular flexibility index (Phi) is 3.36. The van der Waals surface area contributed by atoms with Crippen molar-refractivity contribution in [1.82, 2.24) is 4.98 Å².